The Morgan fingerprint density at radius 3 is 2.40 bits per heavy atom. The molecule has 0 amide bonds. The molecule has 0 aromatic heterocycles. The topological polar surface area (TPSA) is 35.5 Å². The molecule has 0 aromatic rings. The molecule has 3 heteroatoms. The van der Waals surface area contributed by atoms with Gasteiger partial charge in [-0.15, -0.1) is 0 Å². The zero-order valence-corrected chi connectivity index (χ0v) is 14.3. The maximum atomic E-state index is 10.2. The lowest BCUT2D eigenvalue weighted by molar-refractivity contribution is 0.0422. The normalized spacial score (nSPS) is 25.9. The van der Waals surface area contributed by atoms with Gasteiger partial charge in [0.1, 0.15) is 0 Å². The summed E-state index contributed by atoms with van der Waals surface area (Å²) in [7, 11) is 0. The predicted octanol–water partition coefficient (Wildman–Crippen LogP) is 3.03. The Labute approximate surface area is 126 Å². The van der Waals surface area contributed by atoms with Gasteiger partial charge in [-0.2, -0.15) is 0 Å². The molecule has 0 aliphatic carbocycles. The zero-order chi connectivity index (χ0) is 15.2. The third kappa shape index (κ3) is 5.71. The van der Waals surface area contributed by atoms with E-state index in [4.69, 9.17) is 0 Å². The molecule has 1 saturated heterocycles. The first-order chi connectivity index (χ1) is 9.32. The molecule has 1 rings (SSSR count). The number of hydrogen-bond donors (Lipinski definition) is 2. The van der Waals surface area contributed by atoms with Crippen molar-refractivity contribution in [1.82, 2.24) is 10.2 Å². The summed E-state index contributed by atoms with van der Waals surface area (Å²) in [5.41, 5.74) is -0.0769. The van der Waals surface area contributed by atoms with Crippen LogP contribution in [0, 0.1) is 5.41 Å². The Bertz CT molecular complexity index is 272. The summed E-state index contributed by atoms with van der Waals surface area (Å²) in [5.74, 6) is 0. The molecule has 1 atom stereocenters. The van der Waals surface area contributed by atoms with E-state index in [1.165, 1.54) is 12.8 Å². The number of aliphatic hydroxyl groups is 1. The molecule has 0 aromatic carbocycles. The van der Waals surface area contributed by atoms with E-state index in [9.17, 15) is 5.11 Å². The predicted molar refractivity (Wildman–Crippen MR) is 87.1 cm³/mol. The fraction of sp³-hybridized carbons (Fsp3) is 1.00. The number of nitrogens with one attached hydrogen (secondary N) is 1. The number of nitrogens with zero attached hydrogens (tertiary/aromatic N) is 1. The smallest absolute Gasteiger partial charge is 0.0632 e. The lowest BCUT2D eigenvalue weighted by atomic mass is 9.81. The molecule has 1 aliphatic heterocycles. The summed E-state index contributed by atoms with van der Waals surface area (Å²) >= 11 is 0. The van der Waals surface area contributed by atoms with Crippen molar-refractivity contribution >= 4 is 0 Å². The molecule has 120 valence electrons. The van der Waals surface area contributed by atoms with E-state index in [1.807, 2.05) is 6.92 Å². The largest absolute Gasteiger partial charge is 0.390 e. The van der Waals surface area contributed by atoms with Gasteiger partial charge in [0.05, 0.1) is 5.60 Å². The van der Waals surface area contributed by atoms with Crippen LogP contribution in [-0.4, -0.2) is 47.8 Å². The molecule has 0 spiro atoms. The third-order valence-electron chi connectivity index (χ3n) is 5.10. The van der Waals surface area contributed by atoms with Gasteiger partial charge in [-0.3, -0.25) is 0 Å². The van der Waals surface area contributed by atoms with Gasteiger partial charge >= 0.3 is 0 Å². The Morgan fingerprint density at radius 1 is 1.20 bits per heavy atom. The average Bonchev–Trinajstić information content (AvgIpc) is 2.56. The molecular formula is C17H36N2O. The van der Waals surface area contributed by atoms with Gasteiger partial charge in [-0.05, 0) is 51.0 Å². The summed E-state index contributed by atoms with van der Waals surface area (Å²) < 4.78 is 0. The van der Waals surface area contributed by atoms with E-state index >= 15 is 0 Å². The Kier molecular flexibility index (Phi) is 6.96. The van der Waals surface area contributed by atoms with E-state index in [0.717, 1.165) is 45.4 Å². The van der Waals surface area contributed by atoms with Gasteiger partial charge in [0.2, 0.25) is 0 Å². The summed E-state index contributed by atoms with van der Waals surface area (Å²) in [6.07, 6.45) is 5.41. The van der Waals surface area contributed by atoms with Crippen molar-refractivity contribution in [3.05, 3.63) is 0 Å². The van der Waals surface area contributed by atoms with Crippen LogP contribution in [0.5, 0.6) is 0 Å². The second kappa shape index (κ2) is 7.77. The maximum Gasteiger partial charge on any atom is 0.0632 e. The fourth-order valence-corrected chi connectivity index (χ4v) is 3.15. The van der Waals surface area contributed by atoms with Crippen molar-refractivity contribution in [3.8, 4) is 0 Å². The highest BCUT2D eigenvalue weighted by Crippen LogP contribution is 2.29. The lowest BCUT2D eigenvalue weighted by Gasteiger charge is -2.38. The van der Waals surface area contributed by atoms with Crippen LogP contribution < -0.4 is 5.32 Å². The first kappa shape index (κ1) is 17.9. The number of likely N-dealkylation sites (tertiary alicyclic amines) is 1. The maximum absolute atomic E-state index is 10.2. The standard InChI is InChI=1S/C17H36N2O/c1-6-17(7-2,13-18-15(3)4)14-19-11-8-9-16(5,20)10-12-19/h15,18,20H,6-14H2,1-5H3. The van der Waals surface area contributed by atoms with Gasteiger partial charge in [-0.1, -0.05) is 27.7 Å². The van der Waals surface area contributed by atoms with Crippen molar-refractivity contribution in [2.45, 2.75) is 78.4 Å². The van der Waals surface area contributed by atoms with Crippen LogP contribution in [0.2, 0.25) is 0 Å². The molecule has 0 radical (unpaired) electrons. The van der Waals surface area contributed by atoms with E-state index in [2.05, 4.69) is 37.9 Å². The van der Waals surface area contributed by atoms with Crippen LogP contribution >= 0.6 is 0 Å². The molecule has 0 saturated carbocycles. The van der Waals surface area contributed by atoms with Crippen LogP contribution in [0.4, 0.5) is 0 Å². The molecule has 1 aliphatic rings. The van der Waals surface area contributed by atoms with Crippen LogP contribution in [0.25, 0.3) is 0 Å². The van der Waals surface area contributed by atoms with Crippen LogP contribution in [0.15, 0.2) is 0 Å². The highest BCUT2D eigenvalue weighted by Gasteiger charge is 2.31. The molecule has 1 fully saturated rings. The van der Waals surface area contributed by atoms with Gasteiger partial charge in [0, 0.05) is 25.7 Å². The minimum atomic E-state index is -0.452. The van der Waals surface area contributed by atoms with Crippen LogP contribution in [0.3, 0.4) is 0 Å². The number of hydrogen-bond acceptors (Lipinski definition) is 3. The molecular weight excluding hydrogens is 248 g/mol. The average molecular weight is 284 g/mol. The van der Waals surface area contributed by atoms with E-state index in [1.54, 1.807) is 0 Å². The Morgan fingerprint density at radius 2 is 1.85 bits per heavy atom. The molecule has 1 unspecified atom stereocenters. The highest BCUT2D eigenvalue weighted by atomic mass is 16.3. The van der Waals surface area contributed by atoms with Gasteiger partial charge < -0.3 is 15.3 Å². The lowest BCUT2D eigenvalue weighted by Crippen LogP contribution is -2.45. The molecule has 0 bridgehead atoms. The van der Waals surface area contributed by atoms with Crippen LogP contribution in [-0.2, 0) is 0 Å². The van der Waals surface area contributed by atoms with Crippen molar-refractivity contribution in [3.63, 3.8) is 0 Å². The minimum Gasteiger partial charge on any atom is -0.390 e. The first-order valence-electron chi connectivity index (χ1n) is 8.50. The van der Waals surface area contributed by atoms with Crippen molar-refractivity contribution < 1.29 is 5.11 Å². The summed E-state index contributed by atoms with van der Waals surface area (Å²) in [4.78, 5) is 2.58. The second-order valence-electron chi connectivity index (χ2n) is 7.37. The first-order valence-corrected chi connectivity index (χ1v) is 8.50. The highest BCUT2D eigenvalue weighted by molar-refractivity contribution is 4.86. The van der Waals surface area contributed by atoms with E-state index in [0.29, 0.717) is 11.5 Å². The Balaban J connectivity index is 2.60. The van der Waals surface area contributed by atoms with Crippen LogP contribution in [0.1, 0.15) is 66.7 Å². The van der Waals surface area contributed by atoms with E-state index in [-0.39, 0.29) is 0 Å². The zero-order valence-electron chi connectivity index (χ0n) is 14.3. The summed E-state index contributed by atoms with van der Waals surface area (Å²) in [5, 5.41) is 13.9. The molecule has 2 N–H and O–H groups in total. The molecule has 3 nitrogen and oxygen atoms in total. The van der Waals surface area contributed by atoms with Crippen molar-refractivity contribution in [2.24, 2.45) is 5.41 Å². The van der Waals surface area contributed by atoms with Gasteiger partial charge in [0.15, 0.2) is 0 Å². The third-order valence-corrected chi connectivity index (χ3v) is 5.10. The van der Waals surface area contributed by atoms with Crippen molar-refractivity contribution in [1.29, 1.82) is 0 Å². The minimum absolute atomic E-state index is 0.375. The monoisotopic (exact) mass is 284 g/mol. The SMILES string of the molecule is CCC(CC)(CNC(C)C)CN1CCCC(C)(O)CC1. The number of rotatable bonds is 7. The van der Waals surface area contributed by atoms with Crippen molar-refractivity contribution in [2.75, 3.05) is 26.2 Å². The Hall–Kier alpha value is -0.120. The summed E-state index contributed by atoms with van der Waals surface area (Å²) in [6.45, 7) is 15.5. The van der Waals surface area contributed by atoms with Gasteiger partial charge in [0.25, 0.3) is 0 Å². The second-order valence-corrected chi connectivity index (χ2v) is 7.37. The molecule has 1 heterocycles. The van der Waals surface area contributed by atoms with Gasteiger partial charge in [-0.25, -0.2) is 0 Å². The summed E-state index contributed by atoms with van der Waals surface area (Å²) in [6, 6.07) is 0.553. The fourth-order valence-electron chi connectivity index (χ4n) is 3.15. The molecule has 20 heavy (non-hydrogen) atoms. The van der Waals surface area contributed by atoms with E-state index < -0.39 is 5.60 Å². The quantitative estimate of drug-likeness (QED) is 0.754.